The van der Waals surface area contributed by atoms with E-state index in [4.69, 9.17) is 5.73 Å². The third kappa shape index (κ3) is 2.38. The van der Waals surface area contributed by atoms with Crippen molar-refractivity contribution in [3.63, 3.8) is 0 Å². The summed E-state index contributed by atoms with van der Waals surface area (Å²) in [6.45, 7) is 1.88. The summed E-state index contributed by atoms with van der Waals surface area (Å²) in [5.41, 5.74) is 8.69. The highest BCUT2D eigenvalue weighted by atomic mass is 32.1. The van der Waals surface area contributed by atoms with Crippen LogP contribution in [-0.2, 0) is 0 Å². The number of carbonyl (C=O) groups excluding carboxylic acids is 1. The Bertz CT molecular complexity index is 792. The maximum Gasteiger partial charge on any atom is 0.255 e. The van der Waals surface area contributed by atoms with Crippen LogP contribution in [0.4, 0.5) is 11.4 Å². The third-order valence-electron chi connectivity index (χ3n) is 3.21. The van der Waals surface area contributed by atoms with Gasteiger partial charge in [0, 0.05) is 21.6 Å². The van der Waals surface area contributed by atoms with Crippen molar-refractivity contribution in [1.29, 1.82) is 0 Å². The van der Waals surface area contributed by atoms with E-state index in [1.807, 2.05) is 36.6 Å². The molecule has 2 aromatic carbocycles. The zero-order valence-electron chi connectivity index (χ0n) is 11.0. The summed E-state index contributed by atoms with van der Waals surface area (Å²) >= 11 is 1.69. The van der Waals surface area contributed by atoms with Crippen LogP contribution in [0.5, 0.6) is 0 Å². The van der Waals surface area contributed by atoms with Crippen LogP contribution in [0, 0.1) is 6.92 Å². The second-order valence-corrected chi connectivity index (χ2v) is 5.65. The molecule has 0 unspecified atom stereocenters. The van der Waals surface area contributed by atoms with E-state index in [9.17, 15) is 4.79 Å². The molecule has 3 nitrogen and oxygen atoms in total. The number of fused-ring (bicyclic) bond motifs is 1. The number of benzene rings is 2. The highest BCUT2D eigenvalue weighted by Gasteiger charge is 2.09. The standard InChI is InChI=1S/C16H14N2OS/c1-10-8-12(17)2-4-14(10)16(19)18-13-3-5-15-11(9-13)6-7-20-15/h2-9H,17H2,1H3,(H,18,19). The molecule has 1 heterocycles. The topological polar surface area (TPSA) is 55.1 Å². The van der Waals surface area contributed by atoms with Crippen molar-refractivity contribution in [2.75, 3.05) is 11.1 Å². The molecule has 0 saturated heterocycles. The third-order valence-corrected chi connectivity index (χ3v) is 4.10. The fourth-order valence-electron chi connectivity index (χ4n) is 2.18. The van der Waals surface area contributed by atoms with Gasteiger partial charge in [-0.25, -0.2) is 0 Å². The molecule has 0 atom stereocenters. The molecular formula is C16H14N2OS. The molecule has 0 saturated carbocycles. The summed E-state index contributed by atoms with van der Waals surface area (Å²) in [5, 5.41) is 6.11. The summed E-state index contributed by atoms with van der Waals surface area (Å²) < 4.78 is 1.21. The summed E-state index contributed by atoms with van der Waals surface area (Å²) in [4.78, 5) is 12.3. The monoisotopic (exact) mass is 282 g/mol. The Morgan fingerprint density at radius 3 is 2.80 bits per heavy atom. The number of nitrogens with one attached hydrogen (secondary N) is 1. The molecule has 100 valence electrons. The Morgan fingerprint density at radius 1 is 1.15 bits per heavy atom. The van der Waals surface area contributed by atoms with E-state index in [1.165, 1.54) is 4.70 Å². The molecule has 0 radical (unpaired) electrons. The van der Waals surface area contributed by atoms with E-state index in [0.717, 1.165) is 16.6 Å². The molecule has 0 spiro atoms. The van der Waals surface area contributed by atoms with Crippen molar-refractivity contribution >= 4 is 38.7 Å². The van der Waals surface area contributed by atoms with Crippen molar-refractivity contribution in [2.24, 2.45) is 0 Å². The molecule has 0 bridgehead atoms. The molecular weight excluding hydrogens is 268 g/mol. The summed E-state index contributed by atoms with van der Waals surface area (Å²) in [7, 11) is 0. The van der Waals surface area contributed by atoms with Gasteiger partial charge in [0.1, 0.15) is 0 Å². The molecule has 0 aliphatic carbocycles. The van der Waals surface area contributed by atoms with Crippen molar-refractivity contribution < 1.29 is 4.79 Å². The fourth-order valence-corrected chi connectivity index (χ4v) is 2.96. The van der Waals surface area contributed by atoms with Gasteiger partial charge in [0.05, 0.1) is 0 Å². The minimum Gasteiger partial charge on any atom is -0.399 e. The average Bonchev–Trinajstić information content (AvgIpc) is 2.85. The van der Waals surface area contributed by atoms with Crippen LogP contribution in [0.1, 0.15) is 15.9 Å². The highest BCUT2D eigenvalue weighted by Crippen LogP contribution is 2.24. The Balaban J connectivity index is 1.87. The summed E-state index contributed by atoms with van der Waals surface area (Å²) in [5.74, 6) is -0.114. The SMILES string of the molecule is Cc1cc(N)ccc1C(=O)Nc1ccc2sccc2c1. The Kier molecular flexibility index (Phi) is 3.16. The van der Waals surface area contributed by atoms with Gasteiger partial charge in [-0.15, -0.1) is 11.3 Å². The van der Waals surface area contributed by atoms with E-state index in [0.29, 0.717) is 11.3 Å². The van der Waals surface area contributed by atoms with E-state index in [2.05, 4.69) is 5.32 Å². The number of rotatable bonds is 2. The maximum atomic E-state index is 12.3. The van der Waals surface area contributed by atoms with Gasteiger partial charge in [-0.05, 0) is 65.7 Å². The van der Waals surface area contributed by atoms with E-state index < -0.39 is 0 Å². The molecule has 0 fully saturated rings. The molecule has 0 aliphatic heterocycles. The molecule has 0 aliphatic rings. The Labute approximate surface area is 121 Å². The molecule has 1 amide bonds. The van der Waals surface area contributed by atoms with Crippen LogP contribution in [0.2, 0.25) is 0 Å². The first-order chi connectivity index (χ1) is 9.63. The van der Waals surface area contributed by atoms with Crippen molar-refractivity contribution in [2.45, 2.75) is 6.92 Å². The van der Waals surface area contributed by atoms with Crippen molar-refractivity contribution in [1.82, 2.24) is 0 Å². The lowest BCUT2D eigenvalue weighted by atomic mass is 10.1. The number of aryl methyl sites for hydroxylation is 1. The van der Waals surface area contributed by atoms with Crippen LogP contribution in [0.25, 0.3) is 10.1 Å². The molecule has 3 N–H and O–H groups in total. The van der Waals surface area contributed by atoms with Crippen molar-refractivity contribution in [3.05, 3.63) is 59.0 Å². The molecule has 1 aromatic heterocycles. The number of hydrogen-bond donors (Lipinski definition) is 2. The largest absolute Gasteiger partial charge is 0.399 e. The molecule has 3 rings (SSSR count). The van der Waals surface area contributed by atoms with Crippen LogP contribution in [0.3, 0.4) is 0 Å². The first-order valence-corrected chi connectivity index (χ1v) is 7.16. The second kappa shape index (κ2) is 4.98. The fraction of sp³-hybridized carbons (Fsp3) is 0.0625. The van der Waals surface area contributed by atoms with E-state index in [-0.39, 0.29) is 5.91 Å². The minimum atomic E-state index is -0.114. The van der Waals surface area contributed by atoms with Crippen LogP contribution >= 0.6 is 11.3 Å². The van der Waals surface area contributed by atoms with Crippen molar-refractivity contribution in [3.8, 4) is 0 Å². The van der Waals surface area contributed by atoms with Gasteiger partial charge in [-0.1, -0.05) is 0 Å². The highest BCUT2D eigenvalue weighted by molar-refractivity contribution is 7.17. The summed E-state index contributed by atoms with van der Waals surface area (Å²) in [6, 6.07) is 13.3. The van der Waals surface area contributed by atoms with Gasteiger partial charge in [-0.3, -0.25) is 4.79 Å². The van der Waals surface area contributed by atoms with Gasteiger partial charge in [0.25, 0.3) is 5.91 Å². The Hall–Kier alpha value is -2.33. The van der Waals surface area contributed by atoms with Gasteiger partial charge in [0.15, 0.2) is 0 Å². The molecule has 4 heteroatoms. The number of anilines is 2. The van der Waals surface area contributed by atoms with Gasteiger partial charge < -0.3 is 11.1 Å². The van der Waals surface area contributed by atoms with Gasteiger partial charge in [-0.2, -0.15) is 0 Å². The van der Waals surface area contributed by atoms with Crippen LogP contribution in [0.15, 0.2) is 47.8 Å². The van der Waals surface area contributed by atoms with E-state index >= 15 is 0 Å². The number of carbonyl (C=O) groups is 1. The summed E-state index contributed by atoms with van der Waals surface area (Å²) in [6.07, 6.45) is 0. The first kappa shape index (κ1) is 12.7. The maximum absolute atomic E-state index is 12.3. The zero-order valence-corrected chi connectivity index (χ0v) is 11.8. The second-order valence-electron chi connectivity index (χ2n) is 4.70. The smallest absolute Gasteiger partial charge is 0.255 e. The zero-order chi connectivity index (χ0) is 14.1. The first-order valence-electron chi connectivity index (χ1n) is 6.28. The van der Waals surface area contributed by atoms with Crippen LogP contribution < -0.4 is 11.1 Å². The lowest BCUT2D eigenvalue weighted by Crippen LogP contribution is -2.13. The predicted octanol–water partition coefficient (Wildman–Crippen LogP) is 4.04. The number of thiophene rings is 1. The average molecular weight is 282 g/mol. The minimum absolute atomic E-state index is 0.114. The van der Waals surface area contributed by atoms with Crippen LogP contribution in [-0.4, -0.2) is 5.91 Å². The van der Waals surface area contributed by atoms with Gasteiger partial charge in [0.2, 0.25) is 0 Å². The lowest BCUT2D eigenvalue weighted by Gasteiger charge is -2.08. The normalized spacial score (nSPS) is 10.7. The number of hydrogen-bond acceptors (Lipinski definition) is 3. The van der Waals surface area contributed by atoms with E-state index in [1.54, 1.807) is 29.5 Å². The predicted molar refractivity (Wildman–Crippen MR) is 85.4 cm³/mol. The Morgan fingerprint density at radius 2 is 2.00 bits per heavy atom. The number of nitrogens with two attached hydrogens (primary N) is 1. The number of nitrogen functional groups attached to an aromatic ring is 1. The number of amides is 1. The molecule has 3 aromatic rings. The molecule has 20 heavy (non-hydrogen) atoms. The quantitative estimate of drug-likeness (QED) is 0.697. The lowest BCUT2D eigenvalue weighted by molar-refractivity contribution is 0.102. The van der Waals surface area contributed by atoms with Gasteiger partial charge >= 0.3 is 0 Å².